The van der Waals surface area contributed by atoms with Gasteiger partial charge >= 0.3 is 0 Å². The molecule has 144 valence electrons. The molecule has 0 atom stereocenters. The Morgan fingerprint density at radius 1 is 1.07 bits per heavy atom. The molecular weight excluding hydrogens is 350 g/mol. The van der Waals surface area contributed by atoms with E-state index in [4.69, 9.17) is 0 Å². The van der Waals surface area contributed by atoms with E-state index in [-0.39, 0.29) is 5.91 Å². The summed E-state index contributed by atoms with van der Waals surface area (Å²) in [6.07, 6.45) is 2.77. The zero-order chi connectivity index (χ0) is 19.5. The van der Waals surface area contributed by atoms with Gasteiger partial charge in [-0.15, -0.1) is 0 Å². The molecule has 28 heavy (non-hydrogen) atoms. The van der Waals surface area contributed by atoms with E-state index < -0.39 is 0 Å². The van der Waals surface area contributed by atoms with Crippen LogP contribution in [0.25, 0.3) is 10.9 Å². The number of carbonyl (C=O) groups is 1. The number of hydrogen-bond acceptors (Lipinski definition) is 5. The normalized spacial score (nSPS) is 15.0. The fraction of sp³-hybridized carbons (Fsp3) is 0.318. The van der Waals surface area contributed by atoms with Crippen molar-refractivity contribution in [1.82, 2.24) is 19.8 Å². The summed E-state index contributed by atoms with van der Waals surface area (Å²) in [5.74, 6) is 0.653. The largest absolute Gasteiger partial charge is 0.336 e. The summed E-state index contributed by atoms with van der Waals surface area (Å²) >= 11 is 0. The molecule has 0 saturated carbocycles. The van der Waals surface area contributed by atoms with Crippen molar-refractivity contribution in [2.45, 2.75) is 13.3 Å². The Kier molecular flexibility index (Phi) is 5.21. The van der Waals surface area contributed by atoms with Crippen molar-refractivity contribution in [3.63, 3.8) is 0 Å². The molecule has 1 aliphatic rings. The number of benzene rings is 2. The smallest absolute Gasteiger partial charge is 0.253 e. The molecule has 0 bridgehead atoms. The zero-order valence-corrected chi connectivity index (χ0v) is 16.4. The topological polar surface area (TPSA) is 61.4 Å². The van der Waals surface area contributed by atoms with Crippen LogP contribution in [0, 0.1) is 0 Å². The van der Waals surface area contributed by atoms with Crippen molar-refractivity contribution in [2.24, 2.45) is 0 Å². The maximum absolute atomic E-state index is 12.7. The first kappa shape index (κ1) is 18.4. The van der Waals surface area contributed by atoms with Crippen LogP contribution in [-0.2, 0) is 6.42 Å². The van der Waals surface area contributed by atoms with Crippen LogP contribution in [0.5, 0.6) is 0 Å². The van der Waals surface area contributed by atoms with Gasteiger partial charge in [0.05, 0.1) is 5.52 Å². The molecule has 4 rings (SSSR count). The lowest BCUT2D eigenvalue weighted by molar-refractivity contribution is 0.0664. The average molecular weight is 375 g/mol. The molecule has 0 spiro atoms. The van der Waals surface area contributed by atoms with Crippen LogP contribution in [0.3, 0.4) is 0 Å². The van der Waals surface area contributed by atoms with Crippen molar-refractivity contribution < 1.29 is 4.79 Å². The number of hydrogen-bond donors (Lipinski definition) is 1. The Labute approximate surface area is 165 Å². The van der Waals surface area contributed by atoms with Crippen LogP contribution in [0.1, 0.15) is 22.8 Å². The van der Waals surface area contributed by atoms with E-state index >= 15 is 0 Å². The minimum atomic E-state index is 0.0918. The van der Waals surface area contributed by atoms with Crippen molar-refractivity contribution in [3.05, 3.63) is 59.8 Å². The highest BCUT2D eigenvalue weighted by Crippen LogP contribution is 2.20. The molecular formula is C22H25N5O. The molecule has 3 aromatic rings. The molecule has 2 aromatic carbocycles. The van der Waals surface area contributed by atoms with Crippen LogP contribution >= 0.6 is 0 Å². The number of para-hydroxylation sites is 1. The predicted molar refractivity (Wildman–Crippen MR) is 112 cm³/mol. The van der Waals surface area contributed by atoms with E-state index in [1.165, 1.54) is 5.56 Å². The number of rotatable bonds is 4. The number of nitrogens with zero attached hydrogens (tertiary/aromatic N) is 4. The number of aryl methyl sites for hydroxylation is 1. The van der Waals surface area contributed by atoms with Gasteiger partial charge in [0.1, 0.15) is 0 Å². The molecule has 1 amide bonds. The summed E-state index contributed by atoms with van der Waals surface area (Å²) in [6.45, 7) is 5.52. The Bertz CT molecular complexity index is 978. The first-order chi connectivity index (χ1) is 13.6. The van der Waals surface area contributed by atoms with Gasteiger partial charge in [0.15, 0.2) is 0 Å². The van der Waals surface area contributed by atoms with Crippen molar-refractivity contribution in [1.29, 1.82) is 0 Å². The summed E-state index contributed by atoms with van der Waals surface area (Å²) in [5.41, 5.74) is 3.76. The molecule has 0 aliphatic carbocycles. The fourth-order valence-electron chi connectivity index (χ4n) is 3.48. The monoisotopic (exact) mass is 375 g/mol. The first-order valence-electron chi connectivity index (χ1n) is 9.73. The lowest BCUT2D eigenvalue weighted by atomic mass is 10.1. The standard InChI is InChI=1S/C22H25N5O/c1-3-16-5-4-6-18-15-23-22(25-20(16)18)24-19-9-7-17(8-10-19)21(28)27-13-11-26(2)12-14-27/h4-10,15H,3,11-14H2,1-2H3,(H,23,24,25). The maximum Gasteiger partial charge on any atom is 0.253 e. The SMILES string of the molecule is CCc1cccc2cnc(Nc3ccc(C(=O)N4CCN(C)CC4)cc3)nc12. The molecule has 6 nitrogen and oxygen atoms in total. The van der Waals surface area contributed by atoms with Gasteiger partial charge in [-0.05, 0) is 43.3 Å². The maximum atomic E-state index is 12.7. The molecule has 1 fully saturated rings. The summed E-state index contributed by atoms with van der Waals surface area (Å²) in [4.78, 5) is 25.9. The summed E-state index contributed by atoms with van der Waals surface area (Å²) in [7, 11) is 2.08. The number of piperazine rings is 1. The fourth-order valence-corrected chi connectivity index (χ4v) is 3.48. The number of nitrogens with one attached hydrogen (secondary N) is 1. The van der Waals surface area contributed by atoms with Gasteiger partial charge in [-0.2, -0.15) is 0 Å². The first-order valence-corrected chi connectivity index (χ1v) is 9.73. The molecule has 1 saturated heterocycles. The molecule has 0 radical (unpaired) electrons. The lowest BCUT2D eigenvalue weighted by Gasteiger charge is -2.32. The van der Waals surface area contributed by atoms with E-state index in [1.54, 1.807) is 0 Å². The number of carbonyl (C=O) groups excluding carboxylic acids is 1. The number of anilines is 2. The van der Waals surface area contributed by atoms with Crippen molar-refractivity contribution in [3.8, 4) is 0 Å². The number of likely N-dealkylation sites (N-methyl/N-ethyl adjacent to an activating group) is 1. The lowest BCUT2D eigenvalue weighted by Crippen LogP contribution is -2.47. The molecule has 1 aliphatic heterocycles. The third-order valence-corrected chi connectivity index (χ3v) is 5.25. The van der Waals surface area contributed by atoms with Crippen LogP contribution < -0.4 is 5.32 Å². The van der Waals surface area contributed by atoms with Gasteiger partial charge < -0.3 is 15.1 Å². The quantitative estimate of drug-likeness (QED) is 0.758. The summed E-state index contributed by atoms with van der Waals surface area (Å²) < 4.78 is 0. The van der Waals surface area contributed by atoms with Crippen LogP contribution in [0.2, 0.25) is 0 Å². The number of amides is 1. The molecule has 6 heteroatoms. The molecule has 2 heterocycles. The highest BCUT2D eigenvalue weighted by Gasteiger charge is 2.20. The third kappa shape index (κ3) is 3.82. The highest BCUT2D eigenvalue weighted by molar-refractivity contribution is 5.94. The second kappa shape index (κ2) is 7.94. The molecule has 1 N–H and O–H groups in total. The molecule has 0 unspecified atom stereocenters. The van der Waals surface area contributed by atoms with Gasteiger partial charge in [-0.1, -0.05) is 25.1 Å². The third-order valence-electron chi connectivity index (χ3n) is 5.25. The van der Waals surface area contributed by atoms with Gasteiger partial charge in [0, 0.05) is 49.0 Å². The Balaban J connectivity index is 1.49. The van der Waals surface area contributed by atoms with Gasteiger partial charge in [-0.3, -0.25) is 4.79 Å². The number of aromatic nitrogens is 2. The molecule has 1 aromatic heterocycles. The van der Waals surface area contributed by atoms with E-state index in [0.717, 1.165) is 49.2 Å². The van der Waals surface area contributed by atoms with E-state index in [0.29, 0.717) is 11.5 Å². The van der Waals surface area contributed by atoms with Crippen LogP contribution in [-0.4, -0.2) is 58.9 Å². The van der Waals surface area contributed by atoms with Gasteiger partial charge in [0.25, 0.3) is 5.91 Å². The zero-order valence-electron chi connectivity index (χ0n) is 16.4. The minimum Gasteiger partial charge on any atom is -0.336 e. The van der Waals surface area contributed by atoms with Gasteiger partial charge in [0.2, 0.25) is 5.95 Å². The van der Waals surface area contributed by atoms with Gasteiger partial charge in [-0.25, -0.2) is 9.97 Å². The summed E-state index contributed by atoms with van der Waals surface area (Å²) in [5, 5.41) is 4.28. The Morgan fingerprint density at radius 2 is 1.82 bits per heavy atom. The summed E-state index contributed by atoms with van der Waals surface area (Å²) in [6, 6.07) is 13.7. The second-order valence-electron chi connectivity index (χ2n) is 7.20. The van der Waals surface area contributed by atoms with Crippen molar-refractivity contribution >= 4 is 28.4 Å². The minimum absolute atomic E-state index is 0.0918. The number of fused-ring (bicyclic) bond motifs is 1. The van der Waals surface area contributed by atoms with Crippen molar-refractivity contribution in [2.75, 3.05) is 38.5 Å². The Hall–Kier alpha value is -2.99. The average Bonchev–Trinajstić information content (AvgIpc) is 2.74. The highest BCUT2D eigenvalue weighted by atomic mass is 16.2. The van der Waals surface area contributed by atoms with Crippen LogP contribution in [0.4, 0.5) is 11.6 Å². The van der Waals surface area contributed by atoms with E-state index in [1.807, 2.05) is 47.5 Å². The van der Waals surface area contributed by atoms with Crippen LogP contribution in [0.15, 0.2) is 48.7 Å². The predicted octanol–water partition coefficient (Wildman–Crippen LogP) is 3.32. The van der Waals surface area contributed by atoms with E-state index in [2.05, 4.69) is 40.2 Å². The van der Waals surface area contributed by atoms with E-state index in [9.17, 15) is 4.79 Å². The Morgan fingerprint density at radius 3 is 2.54 bits per heavy atom. The second-order valence-corrected chi connectivity index (χ2v) is 7.20.